The van der Waals surface area contributed by atoms with Gasteiger partial charge in [-0.05, 0) is 18.9 Å². The topological polar surface area (TPSA) is 112 Å². The summed E-state index contributed by atoms with van der Waals surface area (Å²) in [6, 6.07) is 3.25. The number of nitrogens with zero attached hydrogens (tertiary/aromatic N) is 3. The normalized spacial score (nSPS) is 13.4. The third-order valence-electron chi connectivity index (χ3n) is 3.41. The summed E-state index contributed by atoms with van der Waals surface area (Å²) in [5.74, 6) is -0.380. The Morgan fingerprint density at radius 2 is 2.12 bits per heavy atom. The van der Waals surface area contributed by atoms with E-state index < -0.39 is 5.09 Å². The van der Waals surface area contributed by atoms with Crippen LogP contribution in [0.1, 0.15) is 23.2 Å². The minimum absolute atomic E-state index is 0.00915. The van der Waals surface area contributed by atoms with E-state index in [1.54, 1.807) is 34.0 Å². The largest absolute Gasteiger partial charge is 0.475 e. The van der Waals surface area contributed by atoms with Gasteiger partial charge in [-0.3, -0.25) is 4.79 Å². The van der Waals surface area contributed by atoms with E-state index in [1.807, 2.05) is 0 Å². The van der Waals surface area contributed by atoms with Crippen molar-refractivity contribution in [3.63, 3.8) is 0 Å². The van der Waals surface area contributed by atoms with Gasteiger partial charge in [0.15, 0.2) is 19.0 Å². The lowest BCUT2D eigenvalue weighted by molar-refractivity contribution is -0.975. The van der Waals surface area contributed by atoms with Crippen LogP contribution in [0, 0.1) is 4.91 Å². The van der Waals surface area contributed by atoms with Crippen molar-refractivity contribution in [2.24, 2.45) is 0 Å². The van der Waals surface area contributed by atoms with Crippen molar-refractivity contribution in [2.45, 2.75) is 19.6 Å². The molecule has 0 spiro atoms. The number of nitrogens with one attached hydrogen (secondary N) is 1. The Kier molecular flexibility index (Phi) is 6.29. The van der Waals surface area contributed by atoms with Gasteiger partial charge in [0, 0.05) is 19.2 Å². The average molecular weight is 340 g/mol. The monoisotopic (exact) mass is 340 g/mol. The van der Waals surface area contributed by atoms with E-state index in [4.69, 9.17) is 9.94 Å². The van der Waals surface area contributed by atoms with E-state index in [0.29, 0.717) is 18.7 Å². The number of hydrogen-bond donors (Lipinski definition) is 2. The summed E-state index contributed by atoms with van der Waals surface area (Å²) in [4.78, 5) is 39.7. The molecular formula is C14H20N4O6+2. The highest BCUT2D eigenvalue weighted by molar-refractivity contribution is 5.93. The van der Waals surface area contributed by atoms with Gasteiger partial charge < -0.3 is 15.0 Å². The van der Waals surface area contributed by atoms with Crippen LogP contribution in [0.2, 0.25) is 0 Å². The summed E-state index contributed by atoms with van der Waals surface area (Å²) in [6.07, 6.45) is 4.83. The molecule has 1 saturated heterocycles. The molecular weight excluding hydrogens is 320 g/mol. The first-order valence-corrected chi connectivity index (χ1v) is 7.54. The molecule has 130 valence electrons. The van der Waals surface area contributed by atoms with Gasteiger partial charge in [0.1, 0.15) is 10.5 Å². The Morgan fingerprint density at radius 1 is 1.38 bits per heavy atom. The maximum atomic E-state index is 11.9. The molecule has 1 aliphatic heterocycles. The Morgan fingerprint density at radius 3 is 2.83 bits per heavy atom. The maximum Gasteiger partial charge on any atom is 0.475 e. The van der Waals surface area contributed by atoms with Crippen LogP contribution in [0.15, 0.2) is 24.5 Å². The van der Waals surface area contributed by atoms with E-state index in [-0.39, 0.29) is 31.9 Å². The van der Waals surface area contributed by atoms with Gasteiger partial charge in [-0.1, -0.05) is 0 Å². The third-order valence-corrected chi connectivity index (χ3v) is 3.41. The lowest BCUT2D eigenvalue weighted by atomic mass is 10.2. The summed E-state index contributed by atoms with van der Waals surface area (Å²) >= 11 is 0. The molecule has 24 heavy (non-hydrogen) atoms. The van der Waals surface area contributed by atoms with E-state index in [0.717, 1.165) is 12.8 Å². The summed E-state index contributed by atoms with van der Waals surface area (Å²) in [6.45, 7) is 1.32. The van der Waals surface area contributed by atoms with Gasteiger partial charge in [-0.15, -0.1) is 0 Å². The molecule has 10 nitrogen and oxygen atoms in total. The van der Waals surface area contributed by atoms with Gasteiger partial charge >= 0.3 is 11.2 Å². The molecule has 1 aromatic heterocycles. The molecule has 1 aliphatic rings. The first-order chi connectivity index (χ1) is 11.6. The minimum atomic E-state index is -0.669. The summed E-state index contributed by atoms with van der Waals surface area (Å²) in [5.41, 5.74) is 0.359. The smallest absolute Gasteiger partial charge is 0.388 e. The zero-order chi connectivity index (χ0) is 17.4. The molecule has 1 aromatic rings. The van der Waals surface area contributed by atoms with E-state index in [9.17, 15) is 14.5 Å². The molecule has 2 rings (SSSR count). The van der Waals surface area contributed by atoms with Crippen LogP contribution in [0.4, 0.5) is 4.79 Å². The highest BCUT2D eigenvalue weighted by Gasteiger charge is 2.20. The lowest BCUT2D eigenvalue weighted by Crippen LogP contribution is -2.40. The number of pyridine rings is 1. The summed E-state index contributed by atoms with van der Waals surface area (Å²) < 4.78 is 6.78. The molecule has 2 heterocycles. The third kappa shape index (κ3) is 5.38. The molecule has 0 bridgehead atoms. The van der Waals surface area contributed by atoms with Crippen LogP contribution < -0.4 is 9.88 Å². The number of hydrogen-bond acceptors (Lipinski definition) is 5. The SMILES string of the molecule is O=C(NCCO[N+](=O)O)c1ccc[n+](COC(=O)N2CCCC2)c1. The van der Waals surface area contributed by atoms with Crippen molar-refractivity contribution in [1.29, 1.82) is 0 Å². The van der Waals surface area contributed by atoms with Crippen LogP contribution in [-0.4, -0.2) is 53.4 Å². The van der Waals surface area contributed by atoms with E-state index in [2.05, 4.69) is 10.2 Å². The molecule has 1 fully saturated rings. The number of likely N-dealkylation sites (tertiary alicyclic amines) is 1. The standard InChI is InChI=1S/C14H19N4O6/c19-13(15-5-9-24-18(21)22)12-4-3-6-16(10-12)11-23-14(20)17-7-1-2-8-17/h3-4,6,10H,1-2,5,7-9,11H2,(H-,15,19,21,22)/q+1/p+1. The van der Waals surface area contributed by atoms with Gasteiger partial charge in [0.2, 0.25) is 0 Å². The minimum Gasteiger partial charge on any atom is -0.388 e. The average Bonchev–Trinajstić information content (AvgIpc) is 3.11. The number of carbonyl (C=O) groups is 2. The zero-order valence-electron chi connectivity index (χ0n) is 13.1. The van der Waals surface area contributed by atoms with Crippen molar-refractivity contribution in [3.8, 4) is 0 Å². The summed E-state index contributed by atoms with van der Waals surface area (Å²) in [7, 11) is 0. The molecule has 2 N–H and O–H groups in total. The van der Waals surface area contributed by atoms with E-state index >= 15 is 0 Å². The maximum absolute atomic E-state index is 11.9. The Balaban J connectivity index is 1.80. The first-order valence-electron chi connectivity index (χ1n) is 7.54. The molecule has 2 amide bonds. The molecule has 0 aliphatic carbocycles. The van der Waals surface area contributed by atoms with Crippen LogP contribution in [0.3, 0.4) is 0 Å². The molecule has 0 radical (unpaired) electrons. The van der Waals surface area contributed by atoms with Crippen LogP contribution in [0.25, 0.3) is 0 Å². The van der Waals surface area contributed by atoms with Crippen molar-refractivity contribution >= 4 is 12.0 Å². The van der Waals surface area contributed by atoms with Gasteiger partial charge in [-0.25, -0.2) is 10.0 Å². The second-order valence-corrected chi connectivity index (χ2v) is 5.17. The predicted octanol–water partition coefficient (Wildman–Crippen LogP) is -0.00650. The van der Waals surface area contributed by atoms with Crippen molar-refractivity contribution < 1.29 is 34.0 Å². The number of aromatic nitrogens is 1. The number of carbonyl (C=O) groups excluding carboxylic acids is 2. The quantitative estimate of drug-likeness (QED) is 0.410. The molecule has 0 aromatic carbocycles. The fourth-order valence-corrected chi connectivity index (χ4v) is 2.25. The molecule has 0 unspecified atom stereocenters. The van der Waals surface area contributed by atoms with Gasteiger partial charge in [0.25, 0.3) is 12.6 Å². The Hall–Kier alpha value is -2.91. The second-order valence-electron chi connectivity index (χ2n) is 5.17. The van der Waals surface area contributed by atoms with E-state index in [1.165, 1.54) is 0 Å². The van der Waals surface area contributed by atoms with Crippen LogP contribution >= 0.6 is 0 Å². The predicted molar refractivity (Wildman–Crippen MR) is 77.6 cm³/mol. The molecule has 0 saturated carbocycles. The van der Waals surface area contributed by atoms with Crippen molar-refractivity contribution in [1.82, 2.24) is 10.2 Å². The number of rotatable bonds is 7. The second kappa shape index (κ2) is 8.65. The zero-order valence-corrected chi connectivity index (χ0v) is 13.1. The van der Waals surface area contributed by atoms with Gasteiger partial charge in [0.05, 0.1) is 6.54 Å². The highest BCUT2D eigenvalue weighted by atomic mass is 16.9. The number of ether oxygens (including phenoxy) is 1. The highest BCUT2D eigenvalue weighted by Crippen LogP contribution is 2.08. The van der Waals surface area contributed by atoms with Crippen molar-refractivity contribution in [2.75, 3.05) is 26.2 Å². The van der Waals surface area contributed by atoms with Gasteiger partial charge in [-0.2, -0.15) is 9.40 Å². The first kappa shape index (κ1) is 17.4. The van der Waals surface area contributed by atoms with Crippen molar-refractivity contribution in [3.05, 3.63) is 35.0 Å². The summed E-state index contributed by atoms with van der Waals surface area (Å²) in [5, 5.41) is 10.1. The lowest BCUT2D eigenvalue weighted by Gasteiger charge is -2.13. The molecule has 0 atom stereocenters. The Labute approximate surface area is 138 Å². The fourth-order valence-electron chi connectivity index (χ4n) is 2.25. The fraction of sp³-hybridized carbons (Fsp3) is 0.500. The molecule has 10 heteroatoms. The Bertz CT molecular complexity index is 603. The number of amides is 2. The van der Waals surface area contributed by atoms with Crippen LogP contribution in [0.5, 0.6) is 0 Å². The van der Waals surface area contributed by atoms with Crippen LogP contribution in [-0.2, 0) is 16.3 Å².